The maximum atomic E-state index is 12.4. The molecule has 0 radical (unpaired) electrons. The molecular formula is C19H21Cl2N3O2. The number of rotatable bonds is 6. The Labute approximate surface area is 163 Å². The van der Waals surface area contributed by atoms with Crippen molar-refractivity contribution in [3.05, 3.63) is 58.3 Å². The fraction of sp³-hybridized carbons (Fsp3) is 0.368. The molecule has 2 heterocycles. The van der Waals surface area contributed by atoms with E-state index in [1.807, 2.05) is 25.1 Å². The molecule has 7 heteroatoms. The molecule has 2 atom stereocenters. The van der Waals surface area contributed by atoms with Crippen molar-refractivity contribution in [1.29, 1.82) is 0 Å². The van der Waals surface area contributed by atoms with Gasteiger partial charge in [-0.25, -0.2) is 0 Å². The lowest BCUT2D eigenvalue weighted by atomic mass is 10.1. The van der Waals surface area contributed by atoms with Crippen LogP contribution in [0.15, 0.2) is 42.7 Å². The van der Waals surface area contributed by atoms with Crippen LogP contribution < -0.4 is 10.1 Å². The van der Waals surface area contributed by atoms with Gasteiger partial charge in [-0.2, -0.15) is 0 Å². The van der Waals surface area contributed by atoms with Crippen molar-refractivity contribution in [1.82, 2.24) is 15.2 Å². The van der Waals surface area contributed by atoms with Gasteiger partial charge in [0.25, 0.3) is 0 Å². The molecule has 26 heavy (non-hydrogen) atoms. The second-order valence-electron chi connectivity index (χ2n) is 6.40. The third-order valence-electron chi connectivity index (χ3n) is 4.36. The number of pyridine rings is 1. The Bertz CT molecular complexity index is 758. The molecule has 0 bridgehead atoms. The molecule has 1 saturated heterocycles. The second-order valence-corrected chi connectivity index (χ2v) is 7.25. The highest BCUT2D eigenvalue weighted by Crippen LogP contribution is 2.26. The Morgan fingerprint density at radius 3 is 2.85 bits per heavy atom. The van der Waals surface area contributed by atoms with Crippen molar-refractivity contribution in [3.63, 3.8) is 0 Å². The van der Waals surface area contributed by atoms with E-state index in [4.69, 9.17) is 27.9 Å². The monoisotopic (exact) mass is 393 g/mol. The third kappa shape index (κ3) is 5.10. The zero-order chi connectivity index (χ0) is 18.5. The van der Waals surface area contributed by atoms with Crippen LogP contribution in [0.2, 0.25) is 10.0 Å². The maximum absolute atomic E-state index is 12.4. The molecule has 0 aliphatic carbocycles. The average molecular weight is 394 g/mol. The second kappa shape index (κ2) is 8.71. The van der Waals surface area contributed by atoms with E-state index < -0.39 is 0 Å². The van der Waals surface area contributed by atoms with Gasteiger partial charge in [0.2, 0.25) is 5.91 Å². The summed E-state index contributed by atoms with van der Waals surface area (Å²) in [6, 6.07) is 8.79. The van der Waals surface area contributed by atoms with Gasteiger partial charge in [0.15, 0.2) is 0 Å². The Balaban J connectivity index is 1.48. The van der Waals surface area contributed by atoms with Crippen LogP contribution in [0.4, 0.5) is 0 Å². The van der Waals surface area contributed by atoms with E-state index in [-0.39, 0.29) is 18.1 Å². The van der Waals surface area contributed by atoms with Gasteiger partial charge in [0.1, 0.15) is 11.9 Å². The number of benzene rings is 1. The van der Waals surface area contributed by atoms with Crippen molar-refractivity contribution < 1.29 is 9.53 Å². The van der Waals surface area contributed by atoms with Crippen LogP contribution in [0, 0.1) is 0 Å². The van der Waals surface area contributed by atoms with Crippen LogP contribution in [0.25, 0.3) is 0 Å². The predicted octanol–water partition coefficient (Wildman–Crippen LogP) is 3.72. The lowest BCUT2D eigenvalue weighted by Crippen LogP contribution is -2.38. The maximum Gasteiger partial charge on any atom is 0.234 e. The van der Waals surface area contributed by atoms with Crippen molar-refractivity contribution >= 4 is 29.1 Å². The zero-order valence-corrected chi connectivity index (χ0v) is 16.0. The normalized spacial score (nSPS) is 18.5. The van der Waals surface area contributed by atoms with Crippen molar-refractivity contribution in [2.45, 2.75) is 25.5 Å². The fourth-order valence-corrected chi connectivity index (χ4v) is 3.64. The molecule has 2 aromatic rings. The number of hydrogen-bond donors (Lipinski definition) is 1. The molecule has 0 spiro atoms. The van der Waals surface area contributed by atoms with Crippen LogP contribution in [-0.2, 0) is 4.79 Å². The molecule has 1 fully saturated rings. The van der Waals surface area contributed by atoms with Crippen LogP contribution >= 0.6 is 23.2 Å². The van der Waals surface area contributed by atoms with Gasteiger partial charge in [0, 0.05) is 35.5 Å². The lowest BCUT2D eigenvalue weighted by Gasteiger charge is -2.20. The van der Waals surface area contributed by atoms with Crippen LogP contribution in [-0.4, -0.2) is 41.5 Å². The summed E-state index contributed by atoms with van der Waals surface area (Å²) in [5, 5.41) is 4.12. The SMILES string of the molecule is C[C@H](NC(=O)CN1CC[C@@H](Oc2ccncc2)C1)c1ccc(Cl)cc1Cl. The molecule has 1 N–H and O–H groups in total. The fourth-order valence-electron chi connectivity index (χ4n) is 3.07. The smallest absolute Gasteiger partial charge is 0.234 e. The number of halogens is 2. The van der Waals surface area contributed by atoms with E-state index in [0.29, 0.717) is 16.6 Å². The Morgan fingerprint density at radius 1 is 1.35 bits per heavy atom. The highest BCUT2D eigenvalue weighted by atomic mass is 35.5. The summed E-state index contributed by atoms with van der Waals surface area (Å²) in [5.41, 5.74) is 0.852. The number of carbonyl (C=O) groups excluding carboxylic acids is 1. The van der Waals surface area contributed by atoms with E-state index in [2.05, 4.69) is 15.2 Å². The number of ether oxygens (including phenoxy) is 1. The summed E-state index contributed by atoms with van der Waals surface area (Å²) in [4.78, 5) is 18.4. The molecule has 1 aromatic heterocycles. The molecule has 5 nitrogen and oxygen atoms in total. The van der Waals surface area contributed by atoms with Gasteiger partial charge in [-0.1, -0.05) is 29.3 Å². The van der Waals surface area contributed by atoms with E-state index in [1.54, 1.807) is 24.5 Å². The topological polar surface area (TPSA) is 54.5 Å². The predicted molar refractivity (Wildman–Crippen MR) is 103 cm³/mol. The Hall–Kier alpha value is -1.82. The number of likely N-dealkylation sites (tertiary alicyclic amines) is 1. The van der Waals surface area contributed by atoms with Gasteiger partial charge in [0.05, 0.1) is 12.6 Å². The molecular weight excluding hydrogens is 373 g/mol. The van der Waals surface area contributed by atoms with Crippen molar-refractivity contribution in [2.75, 3.05) is 19.6 Å². The third-order valence-corrected chi connectivity index (χ3v) is 4.92. The number of nitrogens with one attached hydrogen (secondary N) is 1. The number of carbonyl (C=O) groups is 1. The highest BCUT2D eigenvalue weighted by molar-refractivity contribution is 6.35. The van der Waals surface area contributed by atoms with E-state index >= 15 is 0 Å². The molecule has 0 unspecified atom stereocenters. The first-order valence-corrected chi connectivity index (χ1v) is 9.30. The van der Waals surface area contributed by atoms with Crippen molar-refractivity contribution in [3.8, 4) is 5.75 Å². The highest BCUT2D eigenvalue weighted by Gasteiger charge is 2.26. The average Bonchev–Trinajstić information content (AvgIpc) is 3.02. The molecule has 0 saturated carbocycles. The quantitative estimate of drug-likeness (QED) is 0.812. The summed E-state index contributed by atoms with van der Waals surface area (Å²) < 4.78 is 5.92. The standard InChI is InChI=1S/C19H21Cl2N3O2/c1-13(17-3-2-14(20)10-18(17)21)23-19(25)12-24-9-6-16(11-24)26-15-4-7-22-8-5-15/h2-5,7-8,10,13,16H,6,9,11-12H2,1H3,(H,23,25)/t13-,16+/m0/s1. The molecule has 1 amide bonds. The minimum atomic E-state index is -0.182. The van der Waals surface area contributed by atoms with Crippen LogP contribution in [0.5, 0.6) is 5.75 Å². The Morgan fingerprint density at radius 2 is 2.12 bits per heavy atom. The first-order valence-electron chi connectivity index (χ1n) is 8.54. The van der Waals surface area contributed by atoms with Gasteiger partial charge in [-0.15, -0.1) is 0 Å². The molecule has 138 valence electrons. The van der Waals surface area contributed by atoms with E-state index in [0.717, 1.165) is 30.8 Å². The molecule has 3 rings (SSSR count). The summed E-state index contributed by atoms with van der Waals surface area (Å²) in [7, 11) is 0. The van der Waals surface area contributed by atoms with E-state index in [1.165, 1.54) is 0 Å². The van der Waals surface area contributed by atoms with Gasteiger partial charge in [-0.3, -0.25) is 14.7 Å². The van der Waals surface area contributed by atoms with Gasteiger partial charge in [-0.05, 0) is 43.2 Å². The summed E-state index contributed by atoms with van der Waals surface area (Å²) in [6.07, 6.45) is 4.40. The van der Waals surface area contributed by atoms with Crippen LogP contribution in [0.3, 0.4) is 0 Å². The number of aromatic nitrogens is 1. The zero-order valence-electron chi connectivity index (χ0n) is 14.5. The largest absolute Gasteiger partial charge is 0.489 e. The van der Waals surface area contributed by atoms with Crippen molar-refractivity contribution in [2.24, 2.45) is 0 Å². The number of nitrogens with zero attached hydrogens (tertiary/aromatic N) is 2. The Kier molecular flexibility index (Phi) is 6.35. The summed E-state index contributed by atoms with van der Waals surface area (Å²) in [5.74, 6) is 0.774. The van der Waals surface area contributed by atoms with Crippen LogP contribution in [0.1, 0.15) is 24.9 Å². The number of amides is 1. The first kappa shape index (κ1) is 19.0. The van der Waals surface area contributed by atoms with Gasteiger partial charge < -0.3 is 10.1 Å². The minimum Gasteiger partial charge on any atom is -0.489 e. The van der Waals surface area contributed by atoms with E-state index in [9.17, 15) is 4.79 Å². The summed E-state index contributed by atoms with van der Waals surface area (Å²) in [6.45, 7) is 3.81. The summed E-state index contributed by atoms with van der Waals surface area (Å²) >= 11 is 12.1. The van der Waals surface area contributed by atoms with Gasteiger partial charge >= 0.3 is 0 Å². The lowest BCUT2D eigenvalue weighted by molar-refractivity contribution is -0.122. The molecule has 1 aliphatic rings. The molecule has 1 aliphatic heterocycles. The minimum absolute atomic E-state index is 0.0342. The number of hydrogen-bond acceptors (Lipinski definition) is 4. The first-order chi connectivity index (χ1) is 12.5. The molecule has 1 aromatic carbocycles.